The lowest BCUT2D eigenvalue weighted by Gasteiger charge is -2.27. The number of rotatable bonds is 3. The van der Waals surface area contributed by atoms with Crippen LogP contribution >= 0.6 is 0 Å². The van der Waals surface area contributed by atoms with Gasteiger partial charge in [0, 0.05) is 37.9 Å². The lowest BCUT2D eigenvalue weighted by atomic mass is 10.1. The Kier molecular flexibility index (Phi) is 4.11. The number of nitrogens with one attached hydrogen (secondary N) is 1. The summed E-state index contributed by atoms with van der Waals surface area (Å²) in [7, 11) is 0. The molecule has 3 aromatic rings. The molecular formula is C19H19N5O. The van der Waals surface area contributed by atoms with E-state index in [2.05, 4.69) is 24.8 Å². The molecule has 0 amide bonds. The van der Waals surface area contributed by atoms with Gasteiger partial charge in [-0.2, -0.15) is 0 Å². The van der Waals surface area contributed by atoms with E-state index in [-0.39, 0.29) is 5.56 Å². The first-order chi connectivity index (χ1) is 12.2. The second kappa shape index (κ2) is 6.57. The largest absolute Gasteiger partial charge is 0.305 e. The van der Waals surface area contributed by atoms with Crippen LogP contribution in [0.15, 0.2) is 47.4 Å². The molecule has 0 saturated carbocycles. The van der Waals surface area contributed by atoms with E-state index in [1.165, 1.54) is 0 Å². The second-order valence-corrected chi connectivity index (χ2v) is 6.29. The zero-order chi connectivity index (χ0) is 17.2. The maximum Gasteiger partial charge on any atom is 0.255 e. The zero-order valence-electron chi connectivity index (χ0n) is 14.1. The maximum atomic E-state index is 12.5. The van der Waals surface area contributed by atoms with Gasteiger partial charge in [0.1, 0.15) is 5.69 Å². The minimum Gasteiger partial charge on any atom is -0.305 e. The molecule has 6 nitrogen and oxygen atoms in total. The number of H-pyrrole nitrogens is 1. The van der Waals surface area contributed by atoms with Crippen LogP contribution in [0.3, 0.4) is 0 Å². The van der Waals surface area contributed by atoms with Gasteiger partial charge in [0.05, 0.1) is 17.0 Å². The molecule has 25 heavy (non-hydrogen) atoms. The van der Waals surface area contributed by atoms with Gasteiger partial charge in [-0.25, -0.2) is 4.98 Å². The highest BCUT2D eigenvalue weighted by Crippen LogP contribution is 2.18. The van der Waals surface area contributed by atoms with Crippen LogP contribution in [0.4, 0.5) is 0 Å². The Morgan fingerprint density at radius 2 is 2.08 bits per heavy atom. The van der Waals surface area contributed by atoms with Crippen LogP contribution in [0.2, 0.25) is 0 Å². The van der Waals surface area contributed by atoms with Crippen molar-refractivity contribution in [3.63, 3.8) is 0 Å². The molecule has 1 N–H and O–H groups in total. The molecule has 0 atom stereocenters. The highest BCUT2D eigenvalue weighted by Gasteiger charge is 2.22. The summed E-state index contributed by atoms with van der Waals surface area (Å²) in [5, 5.41) is 0. The number of hydrogen-bond donors (Lipinski definition) is 1. The minimum atomic E-state index is -0.0763. The first-order valence-corrected chi connectivity index (χ1v) is 8.37. The Bertz CT molecular complexity index is 952. The summed E-state index contributed by atoms with van der Waals surface area (Å²) in [6.45, 7) is 4.18. The van der Waals surface area contributed by atoms with Crippen LogP contribution in [0, 0.1) is 6.92 Å². The van der Waals surface area contributed by atoms with Gasteiger partial charge in [-0.3, -0.25) is 19.7 Å². The van der Waals surface area contributed by atoms with E-state index >= 15 is 0 Å². The summed E-state index contributed by atoms with van der Waals surface area (Å²) in [5.41, 5.74) is 4.27. The lowest BCUT2D eigenvalue weighted by molar-refractivity contribution is 0.239. The summed E-state index contributed by atoms with van der Waals surface area (Å²) < 4.78 is 0. The van der Waals surface area contributed by atoms with Crippen molar-refractivity contribution in [3.8, 4) is 11.5 Å². The monoisotopic (exact) mass is 333 g/mol. The summed E-state index contributed by atoms with van der Waals surface area (Å²) in [6, 6.07) is 11.6. The highest BCUT2D eigenvalue weighted by atomic mass is 16.1. The maximum absolute atomic E-state index is 12.5. The molecule has 0 aliphatic carbocycles. The molecule has 126 valence electrons. The lowest BCUT2D eigenvalue weighted by Crippen LogP contribution is -2.35. The summed E-state index contributed by atoms with van der Waals surface area (Å²) >= 11 is 0. The second-order valence-electron chi connectivity index (χ2n) is 6.29. The average Bonchev–Trinajstić information content (AvgIpc) is 2.63. The Morgan fingerprint density at radius 3 is 2.88 bits per heavy atom. The zero-order valence-corrected chi connectivity index (χ0v) is 14.1. The van der Waals surface area contributed by atoms with Gasteiger partial charge in [0.25, 0.3) is 5.56 Å². The van der Waals surface area contributed by atoms with Gasteiger partial charge in [-0.05, 0) is 31.2 Å². The Balaban J connectivity index is 1.58. The van der Waals surface area contributed by atoms with Crippen molar-refractivity contribution in [2.75, 3.05) is 6.54 Å². The van der Waals surface area contributed by atoms with Crippen molar-refractivity contribution >= 4 is 0 Å². The Morgan fingerprint density at radius 1 is 1.16 bits per heavy atom. The van der Waals surface area contributed by atoms with Crippen LogP contribution in [-0.2, 0) is 19.5 Å². The van der Waals surface area contributed by atoms with Crippen molar-refractivity contribution in [1.29, 1.82) is 0 Å². The minimum absolute atomic E-state index is 0.0763. The highest BCUT2D eigenvalue weighted by molar-refractivity contribution is 5.49. The number of aromatic amines is 1. The van der Waals surface area contributed by atoms with Crippen LogP contribution < -0.4 is 5.56 Å². The smallest absolute Gasteiger partial charge is 0.255 e. The van der Waals surface area contributed by atoms with E-state index in [0.717, 1.165) is 42.2 Å². The molecule has 6 heteroatoms. The molecule has 3 aromatic heterocycles. The molecule has 4 heterocycles. The van der Waals surface area contributed by atoms with Gasteiger partial charge >= 0.3 is 0 Å². The molecule has 0 fully saturated rings. The fourth-order valence-electron chi connectivity index (χ4n) is 3.16. The molecule has 0 unspecified atom stereocenters. The SMILES string of the molecule is Cc1cccc(CN2CCc3nc(-c4ccccn4)[nH]c(=O)c3C2)n1. The number of nitrogens with zero attached hydrogens (tertiary/aromatic N) is 4. The summed E-state index contributed by atoms with van der Waals surface area (Å²) in [5.74, 6) is 0.540. The third-order valence-corrected chi connectivity index (χ3v) is 4.39. The van der Waals surface area contributed by atoms with Crippen molar-refractivity contribution in [2.45, 2.75) is 26.4 Å². The summed E-state index contributed by atoms with van der Waals surface area (Å²) in [6.07, 6.45) is 2.45. The van der Waals surface area contributed by atoms with Gasteiger partial charge < -0.3 is 4.98 Å². The standard InChI is InChI=1S/C19H19N5O/c1-13-5-4-6-14(21-13)11-24-10-8-16-15(12-24)19(25)23-18(22-16)17-7-2-3-9-20-17/h2-7,9H,8,10-12H2,1H3,(H,22,23,25). The van der Waals surface area contributed by atoms with E-state index in [9.17, 15) is 4.79 Å². The van der Waals surface area contributed by atoms with Crippen LogP contribution in [0.1, 0.15) is 22.6 Å². The molecule has 0 bridgehead atoms. The van der Waals surface area contributed by atoms with E-state index in [1.807, 2.05) is 43.3 Å². The number of fused-ring (bicyclic) bond motifs is 1. The average molecular weight is 333 g/mol. The fourth-order valence-corrected chi connectivity index (χ4v) is 3.16. The van der Waals surface area contributed by atoms with Crippen LogP contribution in [0.5, 0.6) is 0 Å². The van der Waals surface area contributed by atoms with Crippen molar-refractivity contribution in [2.24, 2.45) is 0 Å². The van der Waals surface area contributed by atoms with E-state index in [1.54, 1.807) is 6.20 Å². The first-order valence-electron chi connectivity index (χ1n) is 8.37. The Hall–Kier alpha value is -2.86. The molecular weight excluding hydrogens is 314 g/mol. The molecule has 0 saturated heterocycles. The van der Waals surface area contributed by atoms with Crippen molar-refractivity contribution < 1.29 is 0 Å². The van der Waals surface area contributed by atoms with Crippen molar-refractivity contribution in [1.82, 2.24) is 24.8 Å². The normalized spacial score (nSPS) is 14.3. The molecule has 0 aromatic carbocycles. The number of aryl methyl sites for hydroxylation is 1. The van der Waals surface area contributed by atoms with Crippen LogP contribution in [-0.4, -0.2) is 31.4 Å². The quantitative estimate of drug-likeness (QED) is 0.794. The molecule has 4 rings (SSSR count). The number of aromatic nitrogens is 4. The third kappa shape index (κ3) is 3.34. The summed E-state index contributed by atoms with van der Waals surface area (Å²) in [4.78, 5) is 31.1. The first kappa shape index (κ1) is 15.7. The predicted molar refractivity (Wildman–Crippen MR) is 94.9 cm³/mol. The topological polar surface area (TPSA) is 74.8 Å². The Labute approximate surface area is 145 Å². The van der Waals surface area contributed by atoms with Gasteiger partial charge in [-0.1, -0.05) is 12.1 Å². The number of hydrogen-bond acceptors (Lipinski definition) is 5. The fraction of sp³-hybridized carbons (Fsp3) is 0.263. The van der Waals surface area contributed by atoms with E-state index in [4.69, 9.17) is 0 Å². The van der Waals surface area contributed by atoms with E-state index < -0.39 is 0 Å². The van der Waals surface area contributed by atoms with E-state index in [0.29, 0.717) is 18.1 Å². The van der Waals surface area contributed by atoms with Gasteiger partial charge in [0.2, 0.25) is 0 Å². The third-order valence-electron chi connectivity index (χ3n) is 4.39. The van der Waals surface area contributed by atoms with Crippen LogP contribution in [0.25, 0.3) is 11.5 Å². The number of pyridine rings is 2. The molecule has 0 radical (unpaired) electrons. The predicted octanol–water partition coefficient (Wildman–Crippen LogP) is 2.09. The van der Waals surface area contributed by atoms with Gasteiger partial charge in [0.15, 0.2) is 5.82 Å². The van der Waals surface area contributed by atoms with Crippen molar-refractivity contribution in [3.05, 3.63) is 75.6 Å². The molecule has 1 aliphatic rings. The molecule has 1 aliphatic heterocycles. The van der Waals surface area contributed by atoms with Gasteiger partial charge in [-0.15, -0.1) is 0 Å². The molecule has 0 spiro atoms.